The monoisotopic (exact) mass is 259 g/mol. The van der Waals surface area contributed by atoms with Crippen molar-refractivity contribution < 1.29 is 9.72 Å². The zero-order chi connectivity index (χ0) is 10.7. The summed E-state index contributed by atoms with van der Waals surface area (Å²) in [6.45, 7) is -0.296. The first-order valence-corrected chi connectivity index (χ1v) is 4.38. The standard InChI is InChI=1S/C7H6BrN3O3/c8-4-1-5(11(13)14)7(10-3-4)6(12)2-9/h1,3H,2,9H2. The van der Waals surface area contributed by atoms with Crippen molar-refractivity contribution in [3.63, 3.8) is 0 Å². The smallest absolute Gasteiger partial charge is 0.299 e. The van der Waals surface area contributed by atoms with Gasteiger partial charge in [-0.15, -0.1) is 0 Å². The molecule has 0 amide bonds. The summed E-state index contributed by atoms with van der Waals surface area (Å²) in [5.74, 6) is -0.552. The van der Waals surface area contributed by atoms with Gasteiger partial charge < -0.3 is 5.73 Å². The molecule has 1 rings (SSSR count). The van der Waals surface area contributed by atoms with Gasteiger partial charge in [0.15, 0.2) is 5.69 Å². The molecule has 0 aromatic carbocycles. The number of Topliss-reactive ketones (excluding diaryl/α,β-unsaturated/α-hetero) is 1. The van der Waals surface area contributed by atoms with Crippen LogP contribution in [-0.2, 0) is 0 Å². The number of carbonyl (C=O) groups is 1. The van der Waals surface area contributed by atoms with Crippen molar-refractivity contribution in [2.45, 2.75) is 0 Å². The normalized spacial score (nSPS) is 9.86. The van der Waals surface area contributed by atoms with Crippen LogP contribution in [0.2, 0.25) is 0 Å². The predicted molar refractivity (Wildman–Crippen MR) is 52.0 cm³/mol. The molecule has 0 fully saturated rings. The van der Waals surface area contributed by atoms with Gasteiger partial charge in [-0.05, 0) is 15.9 Å². The maximum atomic E-state index is 11.1. The number of pyridine rings is 1. The predicted octanol–water partition coefficient (Wildman–Crippen LogP) is 0.894. The van der Waals surface area contributed by atoms with Crippen molar-refractivity contribution in [2.24, 2.45) is 5.73 Å². The lowest BCUT2D eigenvalue weighted by atomic mass is 10.2. The summed E-state index contributed by atoms with van der Waals surface area (Å²) in [4.78, 5) is 24.7. The number of ketones is 1. The van der Waals surface area contributed by atoms with E-state index in [1.807, 2.05) is 0 Å². The van der Waals surface area contributed by atoms with Crippen LogP contribution in [-0.4, -0.2) is 22.2 Å². The number of halogens is 1. The Kier molecular flexibility index (Phi) is 3.26. The molecule has 0 spiro atoms. The quantitative estimate of drug-likeness (QED) is 0.494. The van der Waals surface area contributed by atoms with E-state index >= 15 is 0 Å². The second kappa shape index (κ2) is 4.25. The van der Waals surface area contributed by atoms with Crippen LogP contribution in [0.4, 0.5) is 5.69 Å². The number of aromatic nitrogens is 1. The minimum Gasteiger partial charge on any atom is -0.324 e. The van der Waals surface area contributed by atoms with E-state index in [1.165, 1.54) is 12.3 Å². The van der Waals surface area contributed by atoms with Crippen molar-refractivity contribution >= 4 is 27.4 Å². The Morgan fingerprint density at radius 2 is 2.36 bits per heavy atom. The van der Waals surface area contributed by atoms with Crippen molar-refractivity contribution in [3.8, 4) is 0 Å². The van der Waals surface area contributed by atoms with Gasteiger partial charge in [0.25, 0.3) is 5.69 Å². The van der Waals surface area contributed by atoms with Crippen molar-refractivity contribution in [3.05, 3.63) is 32.5 Å². The summed E-state index contributed by atoms with van der Waals surface area (Å²) in [6, 6.07) is 1.22. The first-order valence-electron chi connectivity index (χ1n) is 3.59. The lowest BCUT2D eigenvalue weighted by Crippen LogP contribution is -2.16. The third kappa shape index (κ3) is 2.12. The van der Waals surface area contributed by atoms with Gasteiger partial charge in [0.05, 0.1) is 11.5 Å². The minimum absolute atomic E-state index is 0.208. The Bertz CT molecular complexity index is 394. The fraction of sp³-hybridized carbons (Fsp3) is 0.143. The molecule has 0 unspecified atom stereocenters. The molecule has 0 saturated heterocycles. The summed E-state index contributed by atoms with van der Waals surface area (Å²) in [7, 11) is 0. The van der Waals surface area contributed by atoms with Crippen LogP contribution in [0.3, 0.4) is 0 Å². The highest BCUT2D eigenvalue weighted by molar-refractivity contribution is 9.10. The highest BCUT2D eigenvalue weighted by Crippen LogP contribution is 2.21. The van der Waals surface area contributed by atoms with E-state index in [2.05, 4.69) is 20.9 Å². The molecule has 1 aromatic heterocycles. The number of hydrogen-bond donors (Lipinski definition) is 1. The molecule has 0 bridgehead atoms. The number of nitrogens with zero attached hydrogens (tertiary/aromatic N) is 2. The number of nitrogens with two attached hydrogens (primary N) is 1. The highest BCUT2D eigenvalue weighted by atomic mass is 79.9. The molecule has 1 heterocycles. The Labute approximate surface area is 87.4 Å². The van der Waals surface area contributed by atoms with Crippen molar-refractivity contribution in [1.29, 1.82) is 0 Å². The minimum atomic E-state index is -0.666. The van der Waals surface area contributed by atoms with Gasteiger partial charge in [0.1, 0.15) is 0 Å². The van der Waals surface area contributed by atoms with E-state index < -0.39 is 10.7 Å². The largest absolute Gasteiger partial charge is 0.324 e. The first kappa shape index (κ1) is 10.7. The van der Waals surface area contributed by atoms with Crippen LogP contribution < -0.4 is 5.73 Å². The molecule has 0 aliphatic carbocycles. The van der Waals surface area contributed by atoms with E-state index in [-0.39, 0.29) is 17.9 Å². The van der Waals surface area contributed by atoms with Crippen LogP contribution in [0.25, 0.3) is 0 Å². The Balaban J connectivity index is 3.28. The molecule has 14 heavy (non-hydrogen) atoms. The van der Waals surface area contributed by atoms with Gasteiger partial charge in [-0.1, -0.05) is 0 Å². The molecule has 2 N–H and O–H groups in total. The second-order valence-electron chi connectivity index (χ2n) is 2.41. The van der Waals surface area contributed by atoms with E-state index in [1.54, 1.807) is 0 Å². The Hall–Kier alpha value is -1.34. The van der Waals surface area contributed by atoms with Crippen LogP contribution in [0.1, 0.15) is 10.5 Å². The van der Waals surface area contributed by atoms with E-state index in [9.17, 15) is 14.9 Å². The average Bonchev–Trinajstić information content (AvgIpc) is 2.16. The molecule has 0 aliphatic heterocycles. The zero-order valence-corrected chi connectivity index (χ0v) is 8.52. The SMILES string of the molecule is NCC(=O)c1ncc(Br)cc1[N+](=O)[O-]. The van der Waals surface area contributed by atoms with E-state index in [4.69, 9.17) is 5.73 Å². The summed E-state index contributed by atoms with van der Waals surface area (Å²) in [6.07, 6.45) is 1.32. The van der Waals surface area contributed by atoms with Crippen LogP contribution >= 0.6 is 15.9 Å². The third-order valence-electron chi connectivity index (χ3n) is 1.48. The van der Waals surface area contributed by atoms with Gasteiger partial charge in [0, 0.05) is 16.7 Å². The molecule has 7 heteroatoms. The molecule has 1 aromatic rings. The second-order valence-corrected chi connectivity index (χ2v) is 3.32. The van der Waals surface area contributed by atoms with Gasteiger partial charge >= 0.3 is 0 Å². The Morgan fingerprint density at radius 1 is 1.71 bits per heavy atom. The van der Waals surface area contributed by atoms with E-state index in [0.717, 1.165) is 0 Å². The fourth-order valence-electron chi connectivity index (χ4n) is 0.879. The molecular formula is C7H6BrN3O3. The van der Waals surface area contributed by atoms with Gasteiger partial charge in [0.2, 0.25) is 5.78 Å². The molecule has 0 atom stereocenters. The molecule has 0 radical (unpaired) electrons. The van der Waals surface area contributed by atoms with Gasteiger partial charge in [-0.3, -0.25) is 14.9 Å². The summed E-state index contributed by atoms with van der Waals surface area (Å²) >= 11 is 3.03. The summed E-state index contributed by atoms with van der Waals surface area (Å²) < 4.78 is 0.442. The van der Waals surface area contributed by atoms with Gasteiger partial charge in [-0.2, -0.15) is 0 Å². The molecule has 6 nitrogen and oxygen atoms in total. The van der Waals surface area contributed by atoms with Crippen LogP contribution in [0.5, 0.6) is 0 Å². The lowest BCUT2D eigenvalue weighted by molar-refractivity contribution is -0.385. The number of rotatable bonds is 3. The number of hydrogen-bond acceptors (Lipinski definition) is 5. The highest BCUT2D eigenvalue weighted by Gasteiger charge is 2.20. The van der Waals surface area contributed by atoms with E-state index in [0.29, 0.717) is 4.47 Å². The maximum absolute atomic E-state index is 11.1. The summed E-state index contributed by atoms with van der Waals surface area (Å²) in [5, 5.41) is 10.5. The fourth-order valence-corrected chi connectivity index (χ4v) is 1.20. The van der Waals surface area contributed by atoms with Crippen LogP contribution in [0, 0.1) is 10.1 Å². The first-order chi connectivity index (χ1) is 6.56. The number of carbonyl (C=O) groups excluding carboxylic acids is 1. The Morgan fingerprint density at radius 3 is 2.86 bits per heavy atom. The van der Waals surface area contributed by atoms with Gasteiger partial charge in [-0.25, -0.2) is 4.98 Å². The lowest BCUT2D eigenvalue weighted by Gasteiger charge is -1.99. The number of nitro groups is 1. The third-order valence-corrected chi connectivity index (χ3v) is 1.91. The van der Waals surface area contributed by atoms with Crippen molar-refractivity contribution in [1.82, 2.24) is 4.98 Å². The molecule has 0 saturated carbocycles. The van der Waals surface area contributed by atoms with Crippen LogP contribution in [0.15, 0.2) is 16.7 Å². The molecular weight excluding hydrogens is 254 g/mol. The zero-order valence-electron chi connectivity index (χ0n) is 6.94. The topological polar surface area (TPSA) is 99.1 Å². The average molecular weight is 260 g/mol. The maximum Gasteiger partial charge on any atom is 0.299 e. The summed E-state index contributed by atoms with van der Waals surface area (Å²) in [5.41, 5.74) is 4.54. The van der Waals surface area contributed by atoms with Crippen molar-refractivity contribution in [2.75, 3.05) is 6.54 Å². The molecule has 74 valence electrons. The molecule has 0 aliphatic rings.